The quantitative estimate of drug-likeness (QED) is 0.607. The third kappa shape index (κ3) is 5.84. The number of amides is 1. The number of benzene rings is 2. The number of carbonyl (C=O) groups excluding carboxylic acids is 1. The van der Waals surface area contributed by atoms with Gasteiger partial charge in [0.2, 0.25) is 17.6 Å². The standard InChI is InChI=1S/C20H20ClN3O2S/c1-14(20(25)22-11-10-15-6-3-2-4-7-15)27-13-18-23-19(24-26-18)16-8-5-9-17(21)12-16/h2-9,12,14H,10-11,13H2,1H3,(H,22,25)/t14-/m0/s1. The largest absolute Gasteiger partial charge is 0.355 e. The minimum absolute atomic E-state index is 0.00510. The first-order chi connectivity index (χ1) is 13.1. The first-order valence-corrected chi connectivity index (χ1v) is 10.1. The zero-order valence-electron chi connectivity index (χ0n) is 14.9. The van der Waals surface area contributed by atoms with Crippen molar-refractivity contribution in [2.75, 3.05) is 6.54 Å². The van der Waals surface area contributed by atoms with E-state index < -0.39 is 0 Å². The normalized spacial score (nSPS) is 11.9. The molecule has 1 heterocycles. The highest BCUT2D eigenvalue weighted by Crippen LogP contribution is 2.22. The molecule has 0 radical (unpaired) electrons. The molecule has 2 aromatic carbocycles. The van der Waals surface area contributed by atoms with Crippen molar-refractivity contribution >= 4 is 29.3 Å². The maximum Gasteiger partial charge on any atom is 0.236 e. The van der Waals surface area contributed by atoms with E-state index in [1.165, 1.54) is 17.3 Å². The molecule has 27 heavy (non-hydrogen) atoms. The van der Waals surface area contributed by atoms with Gasteiger partial charge in [-0.15, -0.1) is 11.8 Å². The van der Waals surface area contributed by atoms with Crippen molar-refractivity contribution < 1.29 is 9.32 Å². The van der Waals surface area contributed by atoms with E-state index >= 15 is 0 Å². The van der Waals surface area contributed by atoms with Gasteiger partial charge in [-0.05, 0) is 31.0 Å². The molecule has 7 heteroatoms. The summed E-state index contributed by atoms with van der Waals surface area (Å²) in [5.74, 6) is 1.46. The fraction of sp³-hybridized carbons (Fsp3) is 0.250. The van der Waals surface area contributed by atoms with Crippen molar-refractivity contribution in [1.29, 1.82) is 0 Å². The molecule has 1 N–H and O–H groups in total. The number of nitrogens with one attached hydrogen (secondary N) is 1. The van der Waals surface area contributed by atoms with Crippen LogP contribution >= 0.6 is 23.4 Å². The molecule has 3 rings (SSSR count). The lowest BCUT2D eigenvalue weighted by atomic mass is 10.1. The Morgan fingerprint density at radius 3 is 2.81 bits per heavy atom. The zero-order valence-corrected chi connectivity index (χ0v) is 16.5. The summed E-state index contributed by atoms with van der Waals surface area (Å²) in [4.78, 5) is 16.6. The molecular weight excluding hydrogens is 382 g/mol. The molecule has 0 saturated carbocycles. The lowest BCUT2D eigenvalue weighted by molar-refractivity contribution is -0.120. The van der Waals surface area contributed by atoms with Crippen LogP contribution in [0.5, 0.6) is 0 Å². The monoisotopic (exact) mass is 401 g/mol. The summed E-state index contributed by atoms with van der Waals surface area (Å²) in [7, 11) is 0. The number of hydrogen-bond acceptors (Lipinski definition) is 5. The predicted octanol–water partition coefficient (Wildman–Crippen LogP) is 4.37. The second-order valence-corrected chi connectivity index (χ2v) is 7.77. The fourth-order valence-corrected chi connectivity index (χ4v) is 3.38. The van der Waals surface area contributed by atoms with Gasteiger partial charge in [0.25, 0.3) is 0 Å². The van der Waals surface area contributed by atoms with Crippen molar-refractivity contribution in [2.45, 2.75) is 24.3 Å². The average Bonchev–Trinajstić information content (AvgIpc) is 3.16. The molecule has 0 aliphatic rings. The summed E-state index contributed by atoms with van der Waals surface area (Å²) in [5, 5.41) is 7.35. The maximum atomic E-state index is 12.2. The van der Waals surface area contributed by atoms with Gasteiger partial charge >= 0.3 is 0 Å². The van der Waals surface area contributed by atoms with Crippen LogP contribution in [0, 0.1) is 0 Å². The molecular formula is C20H20ClN3O2S. The lowest BCUT2D eigenvalue weighted by Crippen LogP contribution is -2.32. The van der Waals surface area contributed by atoms with Crippen molar-refractivity contribution in [3.63, 3.8) is 0 Å². The van der Waals surface area contributed by atoms with Gasteiger partial charge in [0.05, 0.1) is 11.0 Å². The molecule has 0 aliphatic heterocycles. The van der Waals surface area contributed by atoms with E-state index in [2.05, 4.69) is 27.6 Å². The second-order valence-electron chi connectivity index (χ2n) is 6.00. The Morgan fingerprint density at radius 2 is 2.04 bits per heavy atom. The highest BCUT2D eigenvalue weighted by atomic mass is 35.5. The smallest absolute Gasteiger partial charge is 0.236 e. The Balaban J connectivity index is 1.44. The van der Waals surface area contributed by atoms with E-state index in [4.69, 9.17) is 16.1 Å². The molecule has 0 bridgehead atoms. The van der Waals surface area contributed by atoms with Crippen LogP contribution in [0.1, 0.15) is 18.4 Å². The predicted molar refractivity (Wildman–Crippen MR) is 109 cm³/mol. The first kappa shape index (κ1) is 19.5. The van der Waals surface area contributed by atoms with Crippen LogP contribution in [0.4, 0.5) is 0 Å². The topological polar surface area (TPSA) is 68.0 Å². The molecule has 5 nitrogen and oxygen atoms in total. The minimum atomic E-state index is -0.206. The van der Waals surface area contributed by atoms with Crippen LogP contribution in [0.25, 0.3) is 11.4 Å². The van der Waals surface area contributed by atoms with E-state index in [0.29, 0.717) is 29.0 Å². The van der Waals surface area contributed by atoms with Crippen molar-refractivity contribution in [3.05, 3.63) is 71.1 Å². The molecule has 0 unspecified atom stereocenters. The summed E-state index contributed by atoms with van der Waals surface area (Å²) in [6.07, 6.45) is 0.816. The van der Waals surface area contributed by atoms with E-state index in [-0.39, 0.29) is 11.2 Å². The zero-order chi connectivity index (χ0) is 19.1. The van der Waals surface area contributed by atoms with Gasteiger partial charge in [-0.25, -0.2) is 0 Å². The van der Waals surface area contributed by atoms with Gasteiger partial charge < -0.3 is 9.84 Å². The van der Waals surface area contributed by atoms with Crippen LogP contribution in [0.3, 0.4) is 0 Å². The van der Waals surface area contributed by atoms with E-state index in [9.17, 15) is 4.79 Å². The number of halogens is 1. The number of thioether (sulfide) groups is 1. The van der Waals surface area contributed by atoms with Gasteiger partial charge in [-0.1, -0.05) is 59.2 Å². The molecule has 0 fully saturated rings. The SMILES string of the molecule is C[C@H](SCc1nc(-c2cccc(Cl)c2)no1)C(=O)NCCc1ccccc1. The molecule has 1 amide bonds. The average molecular weight is 402 g/mol. The van der Waals surface area contributed by atoms with Crippen molar-refractivity contribution in [3.8, 4) is 11.4 Å². The molecule has 0 saturated heterocycles. The number of nitrogens with zero attached hydrogens (tertiary/aromatic N) is 2. The molecule has 1 atom stereocenters. The van der Waals surface area contributed by atoms with Crippen LogP contribution in [-0.4, -0.2) is 27.8 Å². The number of aromatic nitrogens is 2. The third-order valence-electron chi connectivity index (χ3n) is 3.93. The second kappa shape index (κ2) is 9.58. The fourth-order valence-electron chi connectivity index (χ4n) is 2.45. The highest BCUT2D eigenvalue weighted by Gasteiger charge is 2.16. The minimum Gasteiger partial charge on any atom is -0.355 e. The van der Waals surface area contributed by atoms with E-state index in [1.54, 1.807) is 12.1 Å². The Morgan fingerprint density at radius 1 is 1.22 bits per heavy atom. The number of rotatable bonds is 8. The Hall–Kier alpha value is -2.31. The Kier molecular flexibility index (Phi) is 6.90. The maximum absolute atomic E-state index is 12.2. The van der Waals surface area contributed by atoms with Gasteiger partial charge in [0.1, 0.15) is 0 Å². The van der Waals surface area contributed by atoms with Crippen LogP contribution < -0.4 is 5.32 Å². The summed E-state index contributed by atoms with van der Waals surface area (Å²) in [5.41, 5.74) is 2.01. The molecule has 3 aromatic rings. The van der Waals surface area contributed by atoms with Crippen LogP contribution in [0.2, 0.25) is 5.02 Å². The molecule has 0 aliphatic carbocycles. The van der Waals surface area contributed by atoms with Crippen molar-refractivity contribution in [2.24, 2.45) is 0 Å². The lowest BCUT2D eigenvalue weighted by Gasteiger charge is -2.10. The van der Waals surface area contributed by atoms with Crippen molar-refractivity contribution in [1.82, 2.24) is 15.5 Å². The molecule has 0 spiro atoms. The van der Waals surface area contributed by atoms with Gasteiger partial charge in [0.15, 0.2) is 0 Å². The number of hydrogen-bond donors (Lipinski definition) is 1. The number of carbonyl (C=O) groups is 1. The van der Waals surface area contributed by atoms with E-state index in [0.717, 1.165) is 12.0 Å². The highest BCUT2D eigenvalue weighted by molar-refractivity contribution is 7.99. The van der Waals surface area contributed by atoms with Crippen LogP contribution in [0.15, 0.2) is 59.1 Å². The van der Waals surface area contributed by atoms with Gasteiger partial charge in [-0.3, -0.25) is 4.79 Å². The summed E-state index contributed by atoms with van der Waals surface area (Å²) < 4.78 is 5.27. The van der Waals surface area contributed by atoms with E-state index in [1.807, 2.05) is 37.3 Å². The molecule has 1 aromatic heterocycles. The summed E-state index contributed by atoms with van der Waals surface area (Å²) >= 11 is 7.45. The Bertz CT molecular complexity index is 886. The van der Waals surface area contributed by atoms with Crippen LogP contribution in [-0.2, 0) is 17.0 Å². The van der Waals surface area contributed by atoms with Gasteiger partial charge in [-0.2, -0.15) is 4.98 Å². The summed E-state index contributed by atoms with van der Waals surface area (Å²) in [6.45, 7) is 2.49. The molecule has 140 valence electrons. The van der Waals surface area contributed by atoms with Gasteiger partial charge in [0, 0.05) is 17.1 Å². The first-order valence-electron chi connectivity index (χ1n) is 8.63. The Labute approximate surface area is 167 Å². The summed E-state index contributed by atoms with van der Waals surface area (Å²) in [6, 6.07) is 17.4. The third-order valence-corrected chi connectivity index (χ3v) is 5.30.